The lowest BCUT2D eigenvalue weighted by Crippen LogP contribution is -2.35. The van der Waals surface area contributed by atoms with Crippen LogP contribution in [0.5, 0.6) is 0 Å². The molecule has 1 unspecified atom stereocenters. The van der Waals surface area contributed by atoms with Crippen LogP contribution in [0.1, 0.15) is 20.7 Å². The molecule has 1 aliphatic rings. The quantitative estimate of drug-likeness (QED) is 0.836. The summed E-state index contributed by atoms with van der Waals surface area (Å²) in [7, 11) is -3.23. The second-order valence-corrected chi connectivity index (χ2v) is 6.06. The molecule has 0 saturated heterocycles. The number of aromatic carboxylic acids is 1. The van der Waals surface area contributed by atoms with Crippen LogP contribution in [-0.2, 0) is 9.84 Å². The molecule has 1 aromatic carbocycles. The van der Waals surface area contributed by atoms with Crippen LogP contribution in [-0.4, -0.2) is 37.2 Å². The fraction of sp³-hybridized carbons (Fsp3) is 0.167. The van der Waals surface area contributed by atoms with E-state index < -0.39 is 27.8 Å². The molecule has 0 aromatic heterocycles. The Hall–Kier alpha value is -2.15. The lowest BCUT2D eigenvalue weighted by Gasteiger charge is -2.10. The number of amides is 1. The second kappa shape index (κ2) is 4.85. The Morgan fingerprint density at radius 2 is 1.95 bits per heavy atom. The van der Waals surface area contributed by atoms with Crippen LogP contribution in [0.2, 0.25) is 0 Å². The van der Waals surface area contributed by atoms with E-state index in [2.05, 4.69) is 5.32 Å². The fourth-order valence-electron chi connectivity index (χ4n) is 1.71. The summed E-state index contributed by atoms with van der Waals surface area (Å²) in [5, 5.41) is 12.4. The Labute approximate surface area is 109 Å². The SMILES string of the molecule is O=C(O)c1cccc(C(=O)NC2C=CS(=O)(=O)C2)c1. The molecule has 2 N–H and O–H groups in total. The zero-order valence-electron chi connectivity index (χ0n) is 9.74. The van der Waals surface area contributed by atoms with Crippen molar-refractivity contribution in [3.05, 3.63) is 46.9 Å². The summed E-state index contributed by atoms with van der Waals surface area (Å²) in [6, 6.07) is 4.96. The van der Waals surface area contributed by atoms with Gasteiger partial charge in [-0.15, -0.1) is 0 Å². The Balaban J connectivity index is 2.11. The number of carbonyl (C=O) groups is 2. The molecule has 2 rings (SSSR count). The summed E-state index contributed by atoms with van der Waals surface area (Å²) >= 11 is 0. The normalized spacial score (nSPS) is 20.1. The van der Waals surface area contributed by atoms with Crippen LogP contribution < -0.4 is 5.32 Å². The molecule has 0 bridgehead atoms. The van der Waals surface area contributed by atoms with E-state index in [4.69, 9.17) is 5.11 Å². The van der Waals surface area contributed by atoms with Crippen LogP contribution in [0.25, 0.3) is 0 Å². The summed E-state index contributed by atoms with van der Waals surface area (Å²) in [6.07, 6.45) is 1.40. The van der Waals surface area contributed by atoms with Crippen molar-refractivity contribution >= 4 is 21.7 Å². The third-order valence-electron chi connectivity index (χ3n) is 2.62. The number of hydrogen-bond donors (Lipinski definition) is 2. The van der Waals surface area contributed by atoms with Crippen LogP contribution >= 0.6 is 0 Å². The Kier molecular flexibility index (Phi) is 3.39. The van der Waals surface area contributed by atoms with E-state index in [1.165, 1.54) is 30.3 Å². The van der Waals surface area contributed by atoms with Crippen molar-refractivity contribution in [2.24, 2.45) is 0 Å². The third kappa shape index (κ3) is 3.19. The number of rotatable bonds is 3. The Morgan fingerprint density at radius 3 is 2.53 bits per heavy atom. The zero-order chi connectivity index (χ0) is 14.0. The van der Waals surface area contributed by atoms with Crippen LogP contribution in [0.3, 0.4) is 0 Å². The summed E-state index contributed by atoms with van der Waals surface area (Å²) in [5.74, 6) is -1.80. The number of sulfone groups is 1. The molecule has 7 heteroatoms. The van der Waals surface area contributed by atoms with Crippen molar-refractivity contribution in [2.75, 3.05) is 5.75 Å². The average Bonchev–Trinajstić information content (AvgIpc) is 2.68. The molecular formula is C12H11NO5S. The molecule has 0 aliphatic carbocycles. The molecule has 1 heterocycles. The van der Waals surface area contributed by atoms with Gasteiger partial charge in [-0.05, 0) is 24.3 Å². The van der Waals surface area contributed by atoms with E-state index in [9.17, 15) is 18.0 Å². The molecule has 0 fully saturated rings. The molecule has 0 spiro atoms. The van der Waals surface area contributed by atoms with Gasteiger partial charge in [-0.1, -0.05) is 6.07 Å². The molecule has 1 amide bonds. The maximum atomic E-state index is 11.9. The molecule has 0 saturated carbocycles. The van der Waals surface area contributed by atoms with Gasteiger partial charge in [0.2, 0.25) is 0 Å². The maximum absolute atomic E-state index is 11.9. The number of benzene rings is 1. The first-order valence-corrected chi connectivity index (χ1v) is 7.14. The van der Waals surface area contributed by atoms with Gasteiger partial charge in [-0.25, -0.2) is 13.2 Å². The van der Waals surface area contributed by atoms with Crippen LogP contribution in [0.4, 0.5) is 0 Å². The number of carboxylic acids is 1. The van der Waals surface area contributed by atoms with Crippen molar-refractivity contribution in [3.63, 3.8) is 0 Å². The minimum Gasteiger partial charge on any atom is -0.478 e. The molecule has 1 aliphatic heterocycles. The van der Waals surface area contributed by atoms with E-state index in [-0.39, 0.29) is 16.9 Å². The topological polar surface area (TPSA) is 101 Å². The van der Waals surface area contributed by atoms with Gasteiger partial charge in [0.1, 0.15) is 0 Å². The van der Waals surface area contributed by atoms with Crippen molar-refractivity contribution in [1.82, 2.24) is 5.32 Å². The zero-order valence-corrected chi connectivity index (χ0v) is 10.6. The first kappa shape index (κ1) is 13.3. The highest BCUT2D eigenvalue weighted by Crippen LogP contribution is 2.10. The van der Waals surface area contributed by atoms with Crippen LogP contribution in [0, 0.1) is 0 Å². The van der Waals surface area contributed by atoms with Gasteiger partial charge in [-0.3, -0.25) is 4.79 Å². The van der Waals surface area contributed by atoms with Gasteiger partial charge in [0.05, 0.1) is 17.4 Å². The minimum absolute atomic E-state index is 0.00207. The predicted octanol–water partition coefficient (Wildman–Crippen LogP) is 0.425. The van der Waals surface area contributed by atoms with Crippen molar-refractivity contribution < 1.29 is 23.1 Å². The fourth-order valence-corrected chi connectivity index (χ4v) is 2.95. The smallest absolute Gasteiger partial charge is 0.335 e. The minimum atomic E-state index is -3.23. The molecule has 19 heavy (non-hydrogen) atoms. The van der Waals surface area contributed by atoms with Gasteiger partial charge in [0.25, 0.3) is 5.91 Å². The maximum Gasteiger partial charge on any atom is 0.335 e. The summed E-state index contributed by atoms with van der Waals surface area (Å²) in [5.41, 5.74) is 0.180. The van der Waals surface area contributed by atoms with Gasteiger partial charge < -0.3 is 10.4 Å². The molecular weight excluding hydrogens is 270 g/mol. The molecule has 1 aromatic rings. The second-order valence-electron chi connectivity index (χ2n) is 4.12. The largest absolute Gasteiger partial charge is 0.478 e. The molecule has 6 nitrogen and oxygen atoms in total. The first-order chi connectivity index (χ1) is 8.87. The highest BCUT2D eigenvalue weighted by atomic mass is 32.2. The summed E-state index contributed by atoms with van der Waals surface area (Å²) in [6.45, 7) is 0. The Morgan fingerprint density at radius 1 is 1.26 bits per heavy atom. The lowest BCUT2D eigenvalue weighted by molar-refractivity contribution is 0.0697. The van der Waals surface area contributed by atoms with Gasteiger partial charge in [0.15, 0.2) is 9.84 Å². The number of hydrogen-bond acceptors (Lipinski definition) is 4. The highest BCUT2D eigenvalue weighted by Gasteiger charge is 2.23. The standard InChI is InChI=1S/C12H11NO5S/c14-11(13-10-4-5-19(17,18)7-10)8-2-1-3-9(6-8)12(15)16/h1-6,10H,7H2,(H,13,14)(H,15,16). The van der Waals surface area contributed by atoms with Crippen molar-refractivity contribution in [1.29, 1.82) is 0 Å². The third-order valence-corrected chi connectivity index (χ3v) is 4.01. The molecule has 1 atom stereocenters. The predicted molar refractivity (Wildman–Crippen MR) is 67.6 cm³/mol. The number of carboxylic acid groups (broad SMARTS) is 1. The van der Waals surface area contributed by atoms with E-state index in [0.29, 0.717) is 0 Å². The van der Waals surface area contributed by atoms with Crippen molar-refractivity contribution in [2.45, 2.75) is 6.04 Å². The highest BCUT2D eigenvalue weighted by molar-refractivity contribution is 7.94. The monoisotopic (exact) mass is 281 g/mol. The van der Waals surface area contributed by atoms with Gasteiger partial charge in [0, 0.05) is 11.0 Å². The Bertz CT molecular complexity index is 662. The number of nitrogens with one attached hydrogen (secondary N) is 1. The van der Waals surface area contributed by atoms with E-state index in [1.807, 2.05) is 0 Å². The van der Waals surface area contributed by atoms with E-state index in [0.717, 1.165) is 5.41 Å². The molecule has 0 radical (unpaired) electrons. The van der Waals surface area contributed by atoms with E-state index >= 15 is 0 Å². The van der Waals surface area contributed by atoms with E-state index in [1.54, 1.807) is 0 Å². The first-order valence-electron chi connectivity index (χ1n) is 5.42. The van der Waals surface area contributed by atoms with Gasteiger partial charge >= 0.3 is 5.97 Å². The summed E-state index contributed by atoms with van der Waals surface area (Å²) in [4.78, 5) is 22.6. The van der Waals surface area contributed by atoms with Gasteiger partial charge in [-0.2, -0.15) is 0 Å². The average molecular weight is 281 g/mol. The summed E-state index contributed by atoms with van der Waals surface area (Å²) < 4.78 is 22.4. The lowest BCUT2D eigenvalue weighted by atomic mass is 10.1. The van der Waals surface area contributed by atoms with Crippen molar-refractivity contribution in [3.8, 4) is 0 Å². The number of carbonyl (C=O) groups excluding carboxylic acids is 1. The van der Waals surface area contributed by atoms with Crippen LogP contribution in [0.15, 0.2) is 35.7 Å². The molecule has 100 valence electrons.